The van der Waals surface area contributed by atoms with E-state index in [1.807, 2.05) is 0 Å². The molecule has 0 aromatic heterocycles. The van der Waals surface area contributed by atoms with Gasteiger partial charge in [-0.1, -0.05) is 267 Å². The molecule has 0 rings (SSSR count). The van der Waals surface area contributed by atoms with E-state index >= 15 is 0 Å². The van der Waals surface area contributed by atoms with Crippen LogP contribution in [0, 0.1) is 0 Å². The molecular formula is C50H100N2PbS4. The van der Waals surface area contributed by atoms with Gasteiger partial charge in [-0.05, 0) is 25.7 Å². The summed E-state index contributed by atoms with van der Waals surface area (Å²) in [7, 11) is 0. The van der Waals surface area contributed by atoms with Crippen molar-refractivity contribution >= 4 is 85.6 Å². The molecule has 2 radical (unpaired) electrons. The van der Waals surface area contributed by atoms with Crippen LogP contribution >= 0.6 is 24.4 Å². The molecule has 0 aliphatic carbocycles. The molecule has 338 valence electrons. The number of unbranched alkanes of at least 4 members (excludes halogenated alkanes) is 36. The molecule has 0 heterocycles. The fourth-order valence-electron chi connectivity index (χ4n) is 7.75. The van der Waals surface area contributed by atoms with E-state index in [0.717, 1.165) is 26.2 Å². The summed E-state index contributed by atoms with van der Waals surface area (Å²) in [5, 5.41) is 0. The van der Waals surface area contributed by atoms with Gasteiger partial charge in [-0.2, -0.15) is 0 Å². The zero-order valence-electron chi connectivity index (χ0n) is 39.1. The Morgan fingerprint density at radius 3 is 0.509 bits per heavy atom. The zero-order valence-corrected chi connectivity index (χ0v) is 46.3. The summed E-state index contributed by atoms with van der Waals surface area (Å²) in [5.74, 6) is 0. The third kappa shape index (κ3) is 53.2. The topological polar surface area (TPSA) is 6.48 Å². The SMILES string of the molecule is CCCCCCCCCCCCN(CCCCCCCCCCCC)C(=S)[S-].CCCCCCCCCCCCN(CCCCCCCCCCCC)C(=S)[S-].[Pb+2]. The van der Waals surface area contributed by atoms with Crippen molar-refractivity contribution in [3.63, 3.8) is 0 Å². The first-order chi connectivity index (χ1) is 27.4. The van der Waals surface area contributed by atoms with E-state index in [-0.39, 0.29) is 27.3 Å². The first-order valence-electron chi connectivity index (χ1n) is 25.4. The molecule has 0 saturated carbocycles. The Kier molecular flexibility index (Phi) is 60.4. The molecule has 7 heteroatoms. The average Bonchev–Trinajstić information content (AvgIpc) is 3.19. The van der Waals surface area contributed by atoms with Gasteiger partial charge in [-0.15, -0.1) is 0 Å². The molecular weight excluding hydrogens is 964 g/mol. The van der Waals surface area contributed by atoms with Crippen LogP contribution in [-0.4, -0.2) is 71.9 Å². The Labute approximate surface area is 402 Å². The first kappa shape index (κ1) is 62.4. The van der Waals surface area contributed by atoms with E-state index in [2.05, 4.69) is 37.5 Å². The Balaban J connectivity index is -0.00000101. The second-order valence-corrected chi connectivity index (χ2v) is 19.3. The van der Waals surface area contributed by atoms with Crippen LogP contribution in [0.3, 0.4) is 0 Å². The van der Waals surface area contributed by atoms with Crippen molar-refractivity contribution in [1.29, 1.82) is 0 Å². The summed E-state index contributed by atoms with van der Waals surface area (Å²) in [6.07, 6.45) is 55.4. The molecule has 0 aliphatic rings. The van der Waals surface area contributed by atoms with Crippen LogP contribution < -0.4 is 0 Å². The fraction of sp³-hybridized carbons (Fsp3) is 0.960. The van der Waals surface area contributed by atoms with Crippen molar-refractivity contribution in [2.24, 2.45) is 0 Å². The Hall–Kier alpha value is 1.14. The molecule has 0 aromatic rings. The van der Waals surface area contributed by atoms with Crippen LogP contribution in [0.25, 0.3) is 0 Å². The largest absolute Gasteiger partial charge is 2.00 e. The molecule has 57 heavy (non-hydrogen) atoms. The molecule has 0 amide bonds. The van der Waals surface area contributed by atoms with Crippen LogP contribution in [0.15, 0.2) is 0 Å². The molecule has 0 saturated heterocycles. The second-order valence-electron chi connectivity index (χ2n) is 17.2. The Morgan fingerprint density at radius 2 is 0.386 bits per heavy atom. The normalized spacial score (nSPS) is 10.9. The van der Waals surface area contributed by atoms with Crippen molar-refractivity contribution in [3.8, 4) is 0 Å². The maximum absolute atomic E-state index is 5.30. The van der Waals surface area contributed by atoms with Gasteiger partial charge in [-0.3, -0.25) is 0 Å². The van der Waals surface area contributed by atoms with Gasteiger partial charge >= 0.3 is 27.3 Å². The number of thiocarbonyl (C=S) groups is 2. The van der Waals surface area contributed by atoms with Crippen molar-refractivity contribution in [3.05, 3.63) is 0 Å². The third-order valence-electron chi connectivity index (χ3n) is 11.6. The van der Waals surface area contributed by atoms with Crippen LogP contribution in [0.4, 0.5) is 0 Å². The van der Waals surface area contributed by atoms with Crippen LogP contribution in [0.5, 0.6) is 0 Å². The van der Waals surface area contributed by atoms with E-state index < -0.39 is 0 Å². The van der Waals surface area contributed by atoms with Crippen LogP contribution in [0.2, 0.25) is 0 Å². The minimum atomic E-state index is 0. The standard InChI is InChI=1S/2C25H51NS2.Pb/c2*1-3-5-7-9-11-13-15-17-19-21-23-26(25(27)28)24-22-20-18-16-14-12-10-8-6-4-2;/h2*3-24H2,1-2H3,(H,27,28);/q;;+2/p-2. The van der Waals surface area contributed by atoms with Gasteiger partial charge in [0.25, 0.3) is 0 Å². The summed E-state index contributed by atoms with van der Waals surface area (Å²) in [6, 6.07) is 0. The molecule has 2 nitrogen and oxygen atoms in total. The van der Waals surface area contributed by atoms with E-state index in [1.165, 1.54) is 257 Å². The average molecular weight is 1060 g/mol. The van der Waals surface area contributed by atoms with Gasteiger partial charge in [0.1, 0.15) is 0 Å². The number of hydrogen-bond acceptors (Lipinski definition) is 4. The van der Waals surface area contributed by atoms with E-state index in [1.54, 1.807) is 0 Å². The Bertz CT molecular complexity index is 661. The predicted octanol–water partition coefficient (Wildman–Crippen LogP) is 17.5. The van der Waals surface area contributed by atoms with Crippen molar-refractivity contribution < 1.29 is 0 Å². The van der Waals surface area contributed by atoms with Gasteiger partial charge in [0, 0.05) is 26.2 Å². The molecule has 0 atom stereocenters. The predicted molar refractivity (Wildman–Crippen MR) is 276 cm³/mol. The summed E-state index contributed by atoms with van der Waals surface area (Å²) in [5.41, 5.74) is 0. The Morgan fingerprint density at radius 1 is 0.263 bits per heavy atom. The number of nitrogens with zero attached hydrogens (tertiary/aromatic N) is 2. The van der Waals surface area contributed by atoms with E-state index in [4.69, 9.17) is 49.7 Å². The van der Waals surface area contributed by atoms with Crippen LogP contribution in [-0.2, 0) is 25.3 Å². The van der Waals surface area contributed by atoms with Gasteiger partial charge in [-0.25, -0.2) is 0 Å². The molecule has 0 unspecified atom stereocenters. The monoisotopic (exact) mass is 1060 g/mol. The number of hydrogen-bond donors (Lipinski definition) is 0. The molecule has 0 aromatic carbocycles. The molecule has 0 N–H and O–H groups in total. The molecule has 0 aliphatic heterocycles. The smallest absolute Gasteiger partial charge is 0.411 e. The minimum Gasteiger partial charge on any atom is -0.411 e. The second kappa shape index (κ2) is 55.2. The van der Waals surface area contributed by atoms with Crippen molar-refractivity contribution in [2.75, 3.05) is 26.2 Å². The maximum Gasteiger partial charge on any atom is 2.00 e. The summed E-state index contributed by atoms with van der Waals surface area (Å²) >= 11 is 21.2. The quantitative estimate of drug-likeness (QED) is 0.0258. The van der Waals surface area contributed by atoms with Gasteiger partial charge in [0.15, 0.2) is 0 Å². The summed E-state index contributed by atoms with van der Waals surface area (Å²) in [6.45, 7) is 13.5. The van der Waals surface area contributed by atoms with Gasteiger partial charge in [0.2, 0.25) is 0 Å². The molecule has 0 bridgehead atoms. The van der Waals surface area contributed by atoms with E-state index in [9.17, 15) is 0 Å². The molecule has 0 spiro atoms. The van der Waals surface area contributed by atoms with Gasteiger partial charge in [0.05, 0.1) is 0 Å². The minimum absolute atomic E-state index is 0. The first-order valence-corrected chi connectivity index (χ1v) is 27.0. The third-order valence-corrected chi connectivity index (χ3v) is 12.7. The van der Waals surface area contributed by atoms with Gasteiger partial charge < -0.3 is 59.5 Å². The van der Waals surface area contributed by atoms with Crippen molar-refractivity contribution in [1.82, 2.24) is 9.80 Å². The zero-order chi connectivity index (χ0) is 41.4. The summed E-state index contributed by atoms with van der Waals surface area (Å²) in [4.78, 5) is 4.56. The molecule has 0 fully saturated rings. The van der Waals surface area contributed by atoms with Crippen LogP contribution in [0.1, 0.15) is 285 Å². The maximum atomic E-state index is 5.30. The number of rotatable bonds is 44. The van der Waals surface area contributed by atoms with E-state index in [0.29, 0.717) is 8.64 Å². The fourth-order valence-corrected chi connectivity index (χ4v) is 8.48. The van der Waals surface area contributed by atoms with Crippen molar-refractivity contribution in [2.45, 2.75) is 285 Å². The summed E-state index contributed by atoms with van der Waals surface area (Å²) < 4.78 is 1.37.